The molecule has 7 nitrogen and oxygen atoms in total. The van der Waals surface area contributed by atoms with E-state index in [0.717, 1.165) is 4.68 Å². The number of aromatic nitrogens is 2. The molecule has 0 saturated heterocycles. The molecule has 27 heavy (non-hydrogen) atoms. The van der Waals surface area contributed by atoms with Crippen LogP contribution in [0, 0.1) is 11.3 Å². The number of nitrogens with two attached hydrogens (primary N) is 1. The number of rotatable bonds is 3. The number of nitrogens with zero attached hydrogens (tertiary/aromatic N) is 3. The van der Waals surface area contributed by atoms with Gasteiger partial charge in [-0.25, -0.2) is 0 Å². The van der Waals surface area contributed by atoms with Gasteiger partial charge in [-0.05, 0) is 42.5 Å². The van der Waals surface area contributed by atoms with Crippen LogP contribution in [0.5, 0.6) is 0 Å². The molecule has 0 unspecified atom stereocenters. The molecule has 9 heteroatoms. The third-order valence-electron chi connectivity index (χ3n) is 3.63. The van der Waals surface area contributed by atoms with Crippen LogP contribution in [-0.4, -0.2) is 21.6 Å². The Kier molecular flexibility index (Phi) is 5.12. The number of hydrogen-bond acceptors (Lipinski definition) is 5. The summed E-state index contributed by atoms with van der Waals surface area (Å²) >= 11 is 11.8. The molecule has 1 heterocycles. The molecular formula is C18H11Cl2N5O2. The van der Waals surface area contributed by atoms with Gasteiger partial charge in [0, 0.05) is 26.9 Å². The molecule has 0 saturated carbocycles. The van der Waals surface area contributed by atoms with Crippen molar-refractivity contribution in [2.45, 2.75) is 0 Å². The van der Waals surface area contributed by atoms with Crippen molar-refractivity contribution in [1.29, 1.82) is 5.26 Å². The summed E-state index contributed by atoms with van der Waals surface area (Å²) in [4.78, 5) is 24.7. The summed E-state index contributed by atoms with van der Waals surface area (Å²) in [5.74, 6) is -0.917. The van der Waals surface area contributed by atoms with Gasteiger partial charge in [0.2, 0.25) is 0 Å². The van der Waals surface area contributed by atoms with Crippen LogP contribution < -0.4 is 11.1 Å². The number of amides is 1. The van der Waals surface area contributed by atoms with E-state index in [4.69, 9.17) is 34.2 Å². The molecular weight excluding hydrogens is 389 g/mol. The fraction of sp³-hybridized carbons (Fsp3) is 0. The second kappa shape index (κ2) is 7.50. The molecule has 3 rings (SSSR count). The summed E-state index contributed by atoms with van der Waals surface area (Å²) in [6, 6.07) is 12.5. The van der Waals surface area contributed by atoms with E-state index in [0.29, 0.717) is 21.3 Å². The summed E-state index contributed by atoms with van der Waals surface area (Å²) in [6.07, 6.45) is 1.22. The molecule has 0 spiro atoms. The highest BCUT2D eigenvalue weighted by Gasteiger charge is 2.16. The standard InChI is InChI=1S/C18H11Cl2N5O2/c19-13-5-11(6-14(20)7-13)17(26)24-15-3-1-10(2-4-15)18(27)25-16(22)12(8-21)9-23-25/h1-7,9H,22H2,(H,24,26). The van der Waals surface area contributed by atoms with Crippen LogP contribution in [-0.2, 0) is 0 Å². The average Bonchev–Trinajstić information content (AvgIpc) is 3.01. The minimum absolute atomic E-state index is 0.0299. The van der Waals surface area contributed by atoms with E-state index in [-0.39, 0.29) is 16.9 Å². The molecule has 1 amide bonds. The zero-order valence-corrected chi connectivity index (χ0v) is 15.1. The van der Waals surface area contributed by atoms with Crippen LogP contribution in [0.3, 0.4) is 0 Å². The number of carbonyl (C=O) groups excluding carboxylic acids is 2. The van der Waals surface area contributed by atoms with E-state index in [1.54, 1.807) is 12.1 Å². The van der Waals surface area contributed by atoms with Gasteiger partial charge in [-0.2, -0.15) is 15.0 Å². The van der Waals surface area contributed by atoms with Crippen molar-refractivity contribution in [3.8, 4) is 6.07 Å². The number of nitriles is 1. The van der Waals surface area contributed by atoms with E-state index < -0.39 is 11.8 Å². The summed E-state index contributed by atoms with van der Waals surface area (Å²) < 4.78 is 0.945. The van der Waals surface area contributed by atoms with Gasteiger partial charge in [0.05, 0.1) is 6.20 Å². The van der Waals surface area contributed by atoms with Crippen LogP contribution in [0.4, 0.5) is 11.5 Å². The number of carbonyl (C=O) groups is 2. The van der Waals surface area contributed by atoms with Gasteiger partial charge >= 0.3 is 0 Å². The maximum atomic E-state index is 12.4. The Morgan fingerprint density at radius 3 is 2.26 bits per heavy atom. The van der Waals surface area contributed by atoms with E-state index in [9.17, 15) is 9.59 Å². The highest BCUT2D eigenvalue weighted by molar-refractivity contribution is 6.35. The lowest BCUT2D eigenvalue weighted by Crippen LogP contribution is -2.16. The first-order valence-corrected chi connectivity index (χ1v) is 8.30. The largest absolute Gasteiger partial charge is 0.382 e. The lowest BCUT2D eigenvalue weighted by atomic mass is 10.1. The second-order valence-electron chi connectivity index (χ2n) is 5.46. The third kappa shape index (κ3) is 3.92. The zero-order chi connectivity index (χ0) is 19.6. The quantitative estimate of drug-likeness (QED) is 0.698. The minimum atomic E-state index is -0.492. The number of hydrogen-bond donors (Lipinski definition) is 2. The first-order chi connectivity index (χ1) is 12.9. The summed E-state index contributed by atoms with van der Waals surface area (Å²) in [5.41, 5.74) is 6.90. The summed E-state index contributed by atoms with van der Waals surface area (Å²) in [6.45, 7) is 0. The number of nitrogen functional groups attached to an aromatic ring is 1. The molecule has 0 aliphatic heterocycles. The van der Waals surface area contributed by atoms with Crippen molar-refractivity contribution in [2.75, 3.05) is 11.1 Å². The summed E-state index contributed by atoms with van der Waals surface area (Å²) in [5, 5.41) is 16.1. The smallest absolute Gasteiger partial charge is 0.280 e. The molecule has 0 aliphatic carbocycles. The van der Waals surface area contributed by atoms with Crippen molar-refractivity contribution >= 4 is 46.5 Å². The van der Waals surface area contributed by atoms with Crippen molar-refractivity contribution in [1.82, 2.24) is 9.78 Å². The molecule has 3 N–H and O–H groups in total. The van der Waals surface area contributed by atoms with Crippen molar-refractivity contribution in [3.05, 3.63) is 75.4 Å². The fourth-order valence-corrected chi connectivity index (χ4v) is 2.84. The molecule has 0 radical (unpaired) electrons. The van der Waals surface area contributed by atoms with Crippen LogP contribution in [0.2, 0.25) is 10.0 Å². The van der Waals surface area contributed by atoms with Gasteiger partial charge in [-0.3, -0.25) is 9.59 Å². The Labute approximate surface area is 163 Å². The van der Waals surface area contributed by atoms with Crippen molar-refractivity contribution < 1.29 is 9.59 Å². The second-order valence-corrected chi connectivity index (χ2v) is 6.33. The van der Waals surface area contributed by atoms with Gasteiger partial charge in [0.25, 0.3) is 11.8 Å². The van der Waals surface area contributed by atoms with E-state index in [1.807, 2.05) is 6.07 Å². The normalized spacial score (nSPS) is 10.3. The molecule has 0 fully saturated rings. The molecule has 3 aromatic rings. The maximum Gasteiger partial charge on any atom is 0.280 e. The van der Waals surface area contributed by atoms with Gasteiger partial charge in [-0.15, -0.1) is 0 Å². The van der Waals surface area contributed by atoms with Gasteiger partial charge in [0.1, 0.15) is 17.5 Å². The van der Waals surface area contributed by atoms with Crippen LogP contribution in [0.25, 0.3) is 0 Å². The Morgan fingerprint density at radius 2 is 1.70 bits per heavy atom. The van der Waals surface area contributed by atoms with Gasteiger partial charge < -0.3 is 11.1 Å². The molecule has 134 valence electrons. The number of halogens is 2. The zero-order valence-electron chi connectivity index (χ0n) is 13.6. The molecule has 0 atom stereocenters. The highest BCUT2D eigenvalue weighted by Crippen LogP contribution is 2.20. The fourth-order valence-electron chi connectivity index (χ4n) is 2.31. The minimum Gasteiger partial charge on any atom is -0.382 e. The summed E-state index contributed by atoms with van der Waals surface area (Å²) in [7, 11) is 0. The predicted octanol–water partition coefficient (Wildman–Crippen LogP) is 3.58. The van der Waals surface area contributed by atoms with Crippen molar-refractivity contribution in [2.24, 2.45) is 0 Å². The number of nitrogens with one attached hydrogen (secondary N) is 1. The Morgan fingerprint density at radius 1 is 1.07 bits per heavy atom. The van der Waals surface area contributed by atoms with Gasteiger partial charge in [-0.1, -0.05) is 23.2 Å². The van der Waals surface area contributed by atoms with Crippen LogP contribution in [0.15, 0.2) is 48.7 Å². The SMILES string of the molecule is N#Cc1cnn(C(=O)c2ccc(NC(=O)c3cc(Cl)cc(Cl)c3)cc2)c1N. The Hall–Kier alpha value is -3.34. The van der Waals surface area contributed by atoms with Crippen LogP contribution >= 0.6 is 23.2 Å². The topological polar surface area (TPSA) is 114 Å². The first kappa shape index (κ1) is 18.5. The predicted molar refractivity (Wildman–Crippen MR) is 102 cm³/mol. The lowest BCUT2D eigenvalue weighted by molar-refractivity contribution is 0.0947. The third-order valence-corrected chi connectivity index (χ3v) is 4.07. The van der Waals surface area contributed by atoms with Crippen LogP contribution in [0.1, 0.15) is 26.3 Å². The first-order valence-electron chi connectivity index (χ1n) is 7.55. The monoisotopic (exact) mass is 399 g/mol. The molecule has 1 aromatic heterocycles. The van der Waals surface area contributed by atoms with Crippen molar-refractivity contribution in [3.63, 3.8) is 0 Å². The number of anilines is 2. The average molecular weight is 400 g/mol. The number of benzene rings is 2. The Bertz CT molecular complexity index is 1060. The molecule has 0 bridgehead atoms. The Balaban J connectivity index is 1.77. The van der Waals surface area contributed by atoms with E-state index in [2.05, 4.69) is 10.4 Å². The maximum absolute atomic E-state index is 12.4. The van der Waals surface area contributed by atoms with E-state index in [1.165, 1.54) is 36.5 Å². The van der Waals surface area contributed by atoms with E-state index >= 15 is 0 Å². The van der Waals surface area contributed by atoms with Gasteiger partial charge in [0.15, 0.2) is 0 Å². The molecule has 2 aromatic carbocycles. The highest BCUT2D eigenvalue weighted by atomic mass is 35.5. The lowest BCUT2D eigenvalue weighted by Gasteiger charge is -2.08. The molecule has 0 aliphatic rings.